The average molecular weight is 287 g/mol. The largest absolute Gasteiger partial charge is 0.497 e. The summed E-state index contributed by atoms with van der Waals surface area (Å²) in [6, 6.07) is 7.78. The smallest absolute Gasteiger partial charge is 0.336 e. The second-order valence-electron chi connectivity index (χ2n) is 4.00. The minimum atomic E-state index is -0.699. The number of rotatable bonds is 5. The normalized spacial score (nSPS) is 10.5. The fraction of sp³-hybridized carbons (Fsp3) is 0.0667. The highest BCUT2D eigenvalue weighted by molar-refractivity contribution is 5.97. The Morgan fingerprint density at radius 2 is 2.10 bits per heavy atom. The molecule has 0 saturated carbocycles. The molecule has 0 unspecified atom stereocenters. The van der Waals surface area contributed by atoms with Crippen LogP contribution in [0.2, 0.25) is 0 Å². The Labute approximate surface area is 120 Å². The van der Waals surface area contributed by atoms with Crippen molar-refractivity contribution in [2.45, 2.75) is 0 Å². The third kappa shape index (κ3) is 3.73. The number of benzene rings is 1. The van der Waals surface area contributed by atoms with E-state index in [0.717, 1.165) is 0 Å². The fourth-order valence-electron chi connectivity index (χ4n) is 1.60. The van der Waals surface area contributed by atoms with Crippen molar-refractivity contribution < 1.29 is 23.5 Å². The van der Waals surface area contributed by atoms with Crippen molar-refractivity contribution in [2.75, 3.05) is 7.11 Å². The molecule has 2 aromatic rings. The van der Waals surface area contributed by atoms with E-state index in [9.17, 15) is 9.59 Å². The van der Waals surface area contributed by atoms with Gasteiger partial charge in [-0.3, -0.25) is 4.79 Å². The van der Waals surface area contributed by atoms with Crippen LogP contribution in [0.3, 0.4) is 0 Å². The Hall–Kier alpha value is -3.02. The molecule has 108 valence electrons. The lowest BCUT2D eigenvalue weighted by Crippen LogP contribution is -2.15. The lowest BCUT2D eigenvalue weighted by molar-refractivity contribution is -0.128. The molecule has 1 amide bonds. The number of amides is 1. The van der Waals surface area contributed by atoms with E-state index in [-0.39, 0.29) is 11.3 Å². The van der Waals surface area contributed by atoms with Crippen LogP contribution in [0, 0.1) is 0 Å². The van der Waals surface area contributed by atoms with Crippen molar-refractivity contribution in [1.29, 1.82) is 0 Å². The number of ether oxygens (including phenoxy) is 2. The number of primary amides is 1. The second kappa shape index (κ2) is 6.42. The zero-order chi connectivity index (χ0) is 15.2. The molecule has 1 heterocycles. The van der Waals surface area contributed by atoms with Crippen LogP contribution in [0.15, 0.2) is 47.1 Å². The van der Waals surface area contributed by atoms with E-state index in [0.29, 0.717) is 11.5 Å². The summed E-state index contributed by atoms with van der Waals surface area (Å²) in [5, 5.41) is 0. The van der Waals surface area contributed by atoms with Gasteiger partial charge < -0.3 is 19.6 Å². The Morgan fingerprint density at radius 3 is 2.71 bits per heavy atom. The van der Waals surface area contributed by atoms with Crippen LogP contribution in [-0.4, -0.2) is 19.0 Å². The Kier molecular flexibility index (Phi) is 4.40. The van der Waals surface area contributed by atoms with Crippen molar-refractivity contribution in [3.63, 3.8) is 0 Å². The topological polar surface area (TPSA) is 91.8 Å². The number of nitrogens with two attached hydrogens (primary N) is 1. The van der Waals surface area contributed by atoms with E-state index in [2.05, 4.69) is 0 Å². The summed E-state index contributed by atoms with van der Waals surface area (Å²) in [7, 11) is 1.46. The van der Waals surface area contributed by atoms with Gasteiger partial charge in [-0.15, -0.1) is 0 Å². The molecule has 0 spiro atoms. The molecule has 0 bridgehead atoms. The van der Waals surface area contributed by atoms with Crippen LogP contribution < -0.4 is 15.2 Å². The van der Waals surface area contributed by atoms with Crippen molar-refractivity contribution in [3.05, 3.63) is 54.0 Å². The van der Waals surface area contributed by atoms with Gasteiger partial charge in [0.25, 0.3) is 5.91 Å². The summed E-state index contributed by atoms with van der Waals surface area (Å²) in [6.07, 6.45) is 4.12. The van der Waals surface area contributed by atoms with Gasteiger partial charge in [0.1, 0.15) is 17.3 Å². The minimum absolute atomic E-state index is 0.0379. The first-order valence-electron chi connectivity index (χ1n) is 6.01. The van der Waals surface area contributed by atoms with Gasteiger partial charge in [-0.2, -0.15) is 0 Å². The molecule has 0 saturated heterocycles. The van der Waals surface area contributed by atoms with E-state index >= 15 is 0 Å². The quantitative estimate of drug-likeness (QED) is 0.516. The van der Waals surface area contributed by atoms with E-state index in [1.165, 1.54) is 37.7 Å². The van der Waals surface area contributed by atoms with Gasteiger partial charge in [-0.25, -0.2) is 4.79 Å². The molecule has 21 heavy (non-hydrogen) atoms. The van der Waals surface area contributed by atoms with Gasteiger partial charge >= 0.3 is 5.97 Å². The third-order valence-electron chi connectivity index (χ3n) is 2.59. The lowest BCUT2D eigenvalue weighted by atomic mass is 10.2. The maximum absolute atomic E-state index is 11.7. The van der Waals surface area contributed by atoms with Crippen molar-refractivity contribution in [2.24, 2.45) is 5.73 Å². The molecule has 0 aliphatic carbocycles. The van der Waals surface area contributed by atoms with E-state index in [4.69, 9.17) is 19.6 Å². The van der Waals surface area contributed by atoms with Crippen molar-refractivity contribution in [3.8, 4) is 11.5 Å². The highest BCUT2D eigenvalue weighted by Crippen LogP contribution is 2.24. The van der Waals surface area contributed by atoms with E-state index in [1.807, 2.05) is 0 Å². The second-order valence-corrected chi connectivity index (χ2v) is 4.00. The van der Waals surface area contributed by atoms with Gasteiger partial charge in [0.15, 0.2) is 0 Å². The van der Waals surface area contributed by atoms with Crippen LogP contribution >= 0.6 is 0 Å². The molecule has 0 aliphatic rings. The average Bonchev–Trinajstić information content (AvgIpc) is 2.98. The fourth-order valence-corrected chi connectivity index (χ4v) is 1.60. The molecule has 6 heteroatoms. The standard InChI is InChI=1S/C15H13NO5/c1-19-11-4-6-12(15(16)18)13(9-11)21-14(17)7-5-10-3-2-8-20-10/h2-9H,1H3,(H2,16,18)/b7-5+. The van der Waals surface area contributed by atoms with Crippen molar-refractivity contribution in [1.82, 2.24) is 0 Å². The number of furan rings is 1. The van der Waals surface area contributed by atoms with Gasteiger partial charge in [-0.05, 0) is 30.3 Å². The summed E-state index contributed by atoms with van der Waals surface area (Å²) in [4.78, 5) is 23.0. The Balaban J connectivity index is 2.17. The predicted molar refractivity (Wildman–Crippen MR) is 74.9 cm³/mol. The van der Waals surface area contributed by atoms with Gasteiger partial charge in [0.05, 0.1) is 18.9 Å². The third-order valence-corrected chi connectivity index (χ3v) is 2.59. The molecular weight excluding hydrogens is 274 g/mol. The van der Waals surface area contributed by atoms with Crippen LogP contribution in [0.1, 0.15) is 16.1 Å². The molecule has 2 rings (SSSR count). The minimum Gasteiger partial charge on any atom is -0.497 e. The predicted octanol–water partition coefficient (Wildman–Crippen LogP) is 2.01. The van der Waals surface area contributed by atoms with E-state index in [1.54, 1.807) is 18.2 Å². The SMILES string of the molecule is COc1ccc(C(N)=O)c(OC(=O)/C=C/c2ccco2)c1. The summed E-state index contributed by atoms with van der Waals surface area (Å²) < 4.78 is 15.2. The number of carbonyl (C=O) groups is 2. The number of methoxy groups -OCH3 is 1. The Morgan fingerprint density at radius 1 is 1.29 bits per heavy atom. The molecule has 1 aromatic heterocycles. The molecule has 2 N–H and O–H groups in total. The summed E-state index contributed by atoms with van der Waals surface area (Å²) >= 11 is 0. The summed E-state index contributed by atoms with van der Waals surface area (Å²) in [5.41, 5.74) is 5.32. The molecule has 0 aliphatic heterocycles. The highest BCUT2D eigenvalue weighted by Gasteiger charge is 2.13. The first kappa shape index (κ1) is 14.4. The van der Waals surface area contributed by atoms with Gasteiger partial charge in [0, 0.05) is 12.1 Å². The lowest BCUT2D eigenvalue weighted by Gasteiger charge is -2.08. The van der Waals surface area contributed by atoms with Crippen LogP contribution in [0.4, 0.5) is 0 Å². The zero-order valence-electron chi connectivity index (χ0n) is 11.2. The number of hydrogen-bond acceptors (Lipinski definition) is 5. The highest BCUT2D eigenvalue weighted by atomic mass is 16.5. The molecule has 6 nitrogen and oxygen atoms in total. The summed E-state index contributed by atoms with van der Waals surface area (Å²) in [5.74, 6) is -0.376. The van der Waals surface area contributed by atoms with Gasteiger partial charge in [-0.1, -0.05) is 0 Å². The van der Waals surface area contributed by atoms with Crippen molar-refractivity contribution >= 4 is 18.0 Å². The monoisotopic (exact) mass is 287 g/mol. The molecule has 1 aromatic carbocycles. The number of esters is 1. The van der Waals surface area contributed by atoms with E-state index < -0.39 is 11.9 Å². The molecule has 0 radical (unpaired) electrons. The van der Waals surface area contributed by atoms with Crippen LogP contribution in [-0.2, 0) is 4.79 Å². The van der Waals surface area contributed by atoms with Gasteiger partial charge in [0.2, 0.25) is 0 Å². The maximum Gasteiger partial charge on any atom is 0.336 e. The van der Waals surface area contributed by atoms with Crippen LogP contribution in [0.5, 0.6) is 11.5 Å². The maximum atomic E-state index is 11.7. The Bertz CT molecular complexity index is 673. The summed E-state index contributed by atoms with van der Waals surface area (Å²) in [6.45, 7) is 0. The zero-order valence-corrected chi connectivity index (χ0v) is 11.2. The number of carbonyl (C=O) groups excluding carboxylic acids is 2. The molecule has 0 atom stereocenters. The number of hydrogen-bond donors (Lipinski definition) is 1. The van der Waals surface area contributed by atoms with Crippen LogP contribution in [0.25, 0.3) is 6.08 Å². The molecular formula is C15H13NO5. The first-order valence-corrected chi connectivity index (χ1v) is 6.01. The molecule has 0 fully saturated rings. The first-order chi connectivity index (χ1) is 10.1.